The minimum atomic E-state index is -0.766. The van der Waals surface area contributed by atoms with Gasteiger partial charge in [0, 0.05) is 19.1 Å². The average Bonchev–Trinajstić information content (AvgIpc) is 2.53. The number of aryl methyl sites for hydroxylation is 1. The SMILES string of the molecule is COCC(=O)NC1CCOc2c(C)cccc2C1O. The minimum Gasteiger partial charge on any atom is -0.493 e. The largest absolute Gasteiger partial charge is 0.493 e. The summed E-state index contributed by atoms with van der Waals surface area (Å²) in [5, 5.41) is 13.2. The Balaban J connectivity index is 2.19. The second-order valence-electron chi connectivity index (χ2n) is 4.68. The number of hydrogen-bond donors (Lipinski definition) is 2. The highest BCUT2D eigenvalue weighted by Gasteiger charge is 2.28. The smallest absolute Gasteiger partial charge is 0.246 e. The molecule has 0 bridgehead atoms. The molecule has 0 aromatic heterocycles. The van der Waals surface area contributed by atoms with Crippen molar-refractivity contribution in [3.05, 3.63) is 29.3 Å². The van der Waals surface area contributed by atoms with Crippen LogP contribution in [-0.4, -0.2) is 37.4 Å². The molecule has 1 aromatic rings. The third kappa shape index (κ3) is 3.05. The molecule has 0 radical (unpaired) electrons. The maximum Gasteiger partial charge on any atom is 0.246 e. The minimum absolute atomic E-state index is 0.00917. The summed E-state index contributed by atoms with van der Waals surface area (Å²) in [6.45, 7) is 2.40. The van der Waals surface area contributed by atoms with Gasteiger partial charge in [0.1, 0.15) is 18.5 Å². The molecular formula is C14H19NO4. The first kappa shape index (κ1) is 13.8. The van der Waals surface area contributed by atoms with Crippen molar-refractivity contribution in [2.75, 3.05) is 20.3 Å². The maximum atomic E-state index is 11.6. The predicted molar refractivity (Wildman–Crippen MR) is 70.1 cm³/mol. The molecule has 2 N–H and O–H groups in total. The number of rotatable bonds is 3. The fraction of sp³-hybridized carbons (Fsp3) is 0.500. The molecule has 2 rings (SSSR count). The highest BCUT2D eigenvalue weighted by atomic mass is 16.5. The number of nitrogens with one attached hydrogen (secondary N) is 1. The van der Waals surface area contributed by atoms with Crippen LogP contribution in [0.1, 0.15) is 23.7 Å². The Bertz CT molecular complexity index is 461. The van der Waals surface area contributed by atoms with Gasteiger partial charge in [0.25, 0.3) is 0 Å². The predicted octanol–water partition coefficient (Wildman–Crippen LogP) is 0.942. The van der Waals surface area contributed by atoms with Gasteiger partial charge < -0.3 is 19.9 Å². The summed E-state index contributed by atoms with van der Waals surface area (Å²) in [5.74, 6) is 0.487. The second-order valence-corrected chi connectivity index (χ2v) is 4.68. The van der Waals surface area contributed by atoms with Crippen molar-refractivity contribution in [3.63, 3.8) is 0 Å². The van der Waals surface area contributed by atoms with Gasteiger partial charge in [-0.2, -0.15) is 0 Å². The van der Waals surface area contributed by atoms with Gasteiger partial charge in [-0.25, -0.2) is 0 Å². The Morgan fingerprint density at radius 3 is 3.11 bits per heavy atom. The molecule has 0 saturated heterocycles. The Labute approximate surface area is 112 Å². The van der Waals surface area contributed by atoms with Crippen LogP contribution in [0.25, 0.3) is 0 Å². The lowest BCUT2D eigenvalue weighted by Gasteiger charge is -2.22. The van der Waals surface area contributed by atoms with E-state index in [1.807, 2.05) is 25.1 Å². The van der Waals surface area contributed by atoms with Gasteiger partial charge in [-0.3, -0.25) is 4.79 Å². The molecule has 0 spiro atoms. The lowest BCUT2D eigenvalue weighted by molar-refractivity contribution is -0.126. The van der Waals surface area contributed by atoms with Crippen molar-refractivity contribution in [2.45, 2.75) is 25.5 Å². The van der Waals surface area contributed by atoms with E-state index >= 15 is 0 Å². The van der Waals surface area contributed by atoms with Crippen molar-refractivity contribution in [2.24, 2.45) is 0 Å². The van der Waals surface area contributed by atoms with E-state index in [1.165, 1.54) is 7.11 Å². The average molecular weight is 265 g/mol. The Kier molecular flexibility index (Phi) is 4.39. The molecule has 104 valence electrons. The normalized spacial score (nSPS) is 22.1. The number of fused-ring (bicyclic) bond motifs is 1. The van der Waals surface area contributed by atoms with Gasteiger partial charge in [-0.15, -0.1) is 0 Å². The summed E-state index contributed by atoms with van der Waals surface area (Å²) in [5.41, 5.74) is 1.71. The fourth-order valence-corrected chi connectivity index (χ4v) is 2.30. The lowest BCUT2D eigenvalue weighted by atomic mass is 9.98. The molecular weight excluding hydrogens is 246 g/mol. The topological polar surface area (TPSA) is 67.8 Å². The molecule has 5 heteroatoms. The first-order valence-corrected chi connectivity index (χ1v) is 6.32. The first-order valence-electron chi connectivity index (χ1n) is 6.32. The molecule has 2 unspecified atom stereocenters. The summed E-state index contributed by atoms with van der Waals surface area (Å²) >= 11 is 0. The van der Waals surface area contributed by atoms with Crippen LogP contribution in [0.2, 0.25) is 0 Å². The van der Waals surface area contributed by atoms with E-state index in [9.17, 15) is 9.90 Å². The van der Waals surface area contributed by atoms with Crippen molar-refractivity contribution >= 4 is 5.91 Å². The van der Waals surface area contributed by atoms with Crippen LogP contribution in [0.4, 0.5) is 0 Å². The van der Waals surface area contributed by atoms with Gasteiger partial charge in [0.15, 0.2) is 0 Å². The number of carbonyl (C=O) groups excluding carboxylic acids is 1. The monoisotopic (exact) mass is 265 g/mol. The van der Waals surface area contributed by atoms with Gasteiger partial charge in [-0.1, -0.05) is 18.2 Å². The van der Waals surface area contributed by atoms with Crippen LogP contribution in [0.5, 0.6) is 5.75 Å². The van der Waals surface area contributed by atoms with E-state index in [4.69, 9.17) is 9.47 Å². The Hall–Kier alpha value is -1.59. The van der Waals surface area contributed by atoms with Crippen LogP contribution in [0.3, 0.4) is 0 Å². The Morgan fingerprint density at radius 2 is 2.37 bits per heavy atom. The number of methoxy groups -OCH3 is 1. The van der Waals surface area contributed by atoms with E-state index in [2.05, 4.69) is 5.32 Å². The Morgan fingerprint density at radius 1 is 1.58 bits per heavy atom. The molecule has 0 fully saturated rings. The number of benzene rings is 1. The van der Waals surface area contributed by atoms with Crippen molar-refractivity contribution in [1.82, 2.24) is 5.32 Å². The maximum absolute atomic E-state index is 11.6. The molecule has 1 aromatic carbocycles. The van der Waals surface area contributed by atoms with Crippen LogP contribution >= 0.6 is 0 Å². The third-order valence-electron chi connectivity index (χ3n) is 3.24. The highest BCUT2D eigenvalue weighted by molar-refractivity contribution is 5.77. The summed E-state index contributed by atoms with van der Waals surface area (Å²) in [4.78, 5) is 11.6. The number of hydrogen-bond acceptors (Lipinski definition) is 4. The zero-order valence-corrected chi connectivity index (χ0v) is 11.2. The molecule has 2 atom stereocenters. The number of aliphatic hydroxyl groups excluding tert-OH is 1. The van der Waals surface area contributed by atoms with E-state index < -0.39 is 6.10 Å². The number of para-hydroxylation sites is 1. The first-order chi connectivity index (χ1) is 9.13. The van der Waals surface area contributed by atoms with Gasteiger partial charge in [-0.05, 0) is 12.5 Å². The molecule has 0 aliphatic carbocycles. The number of amides is 1. The summed E-state index contributed by atoms with van der Waals surface area (Å²) < 4.78 is 10.5. The zero-order valence-electron chi connectivity index (χ0n) is 11.2. The molecule has 19 heavy (non-hydrogen) atoms. The van der Waals surface area contributed by atoms with Crippen molar-refractivity contribution in [3.8, 4) is 5.75 Å². The zero-order chi connectivity index (χ0) is 13.8. The summed E-state index contributed by atoms with van der Waals surface area (Å²) in [7, 11) is 1.46. The van der Waals surface area contributed by atoms with Crippen molar-refractivity contribution < 1.29 is 19.4 Å². The summed E-state index contributed by atoms with van der Waals surface area (Å²) in [6, 6.07) is 5.29. The lowest BCUT2D eigenvalue weighted by Crippen LogP contribution is -2.41. The molecule has 5 nitrogen and oxygen atoms in total. The van der Waals surface area contributed by atoms with Crippen LogP contribution < -0.4 is 10.1 Å². The number of aliphatic hydroxyl groups is 1. The molecule has 1 heterocycles. The molecule has 0 saturated carbocycles. The molecule has 1 amide bonds. The van der Waals surface area contributed by atoms with Gasteiger partial charge in [0.05, 0.1) is 12.6 Å². The standard InChI is InChI=1S/C14H19NO4/c1-9-4-3-5-10-13(17)11(6-7-19-14(9)10)15-12(16)8-18-2/h3-5,11,13,17H,6-8H2,1-2H3,(H,15,16). The third-order valence-corrected chi connectivity index (χ3v) is 3.24. The van der Waals surface area contributed by atoms with Crippen LogP contribution in [0, 0.1) is 6.92 Å². The molecule has 1 aliphatic rings. The molecule has 1 aliphatic heterocycles. The second kappa shape index (κ2) is 6.04. The van der Waals surface area contributed by atoms with Crippen molar-refractivity contribution in [1.29, 1.82) is 0 Å². The van der Waals surface area contributed by atoms with Gasteiger partial charge >= 0.3 is 0 Å². The van der Waals surface area contributed by atoms with E-state index in [1.54, 1.807) is 0 Å². The van der Waals surface area contributed by atoms with E-state index in [0.717, 1.165) is 16.9 Å². The van der Waals surface area contributed by atoms with E-state index in [-0.39, 0.29) is 18.6 Å². The highest BCUT2D eigenvalue weighted by Crippen LogP contribution is 2.33. The van der Waals surface area contributed by atoms with Gasteiger partial charge in [0.2, 0.25) is 5.91 Å². The van der Waals surface area contributed by atoms with Crippen LogP contribution in [-0.2, 0) is 9.53 Å². The number of carbonyl (C=O) groups is 1. The number of ether oxygens (including phenoxy) is 2. The van der Waals surface area contributed by atoms with E-state index in [0.29, 0.717) is 13.0 Å². The van der Waals surface area contributed by atoms with Crippen LogP contribution in [0.15, 0.2) is 18.2 Å². The quantitative estimate of drug-likeness (QED) is 0.853. The summed E-state index contributed by atoms with van der Waals surface area (Å²) in [6.07, 6.45) is -0.205. The fourth-order valence-electron chi connectivity index (χ4n) is 2.30.